The van der Waals surface area contributed by atoms with Crippen molar-refractivity contribution in [3.8, 4) is 0 Å². The monoisotopic (exact) mass is 238 g/mol. The summed E-state index contributed by atoms with van der Waals surface area (Å²) in [7, 11) is 2.61. The minimum atomic E-state index is -0.512. The van der Waals surface area contributed by atoms with E-state index in [9.17, 15) is 9.59 Å². The first kappa shape index (κ1) is 13.6. The van der Waals surface area contributed by atoms with Gasteiger partial charge < -0.3 is 9.47 Å². The Bertz CT molecular complexity index is 186. The molecule has 2 atom stereocenters. The molecule has 0 heterocycles. The van der Waals surface area contributed by atoms with E-state index in [1.807, 2.05) is 0 Å². The highest BCUT2D eigenvalue weighted by atomic mass is 32.2. The lowest BCUT2D eigenvalue weighted by atomic mass is 10.3. The van der Waals surface area contributed by atoms with Crippen LogP contribution >= 0.6 is 23.5 Å². The van der Waals surface area contributed by atoms with Crippen molar-refractivity contribution in [2.75, 3.05) is 26.7 Å². The minimum Gasteiger partial charge on any atom is -0.468 e. The predicted octanol–water partition coefficient (Wildman–Crippen LogP) is 0.796. The number of ether oxygens (including phenoxy) is 2. The summed E-state index contributed by atoms with van der Waals surface area (Å²) < 4.78 is 9.20. The fraction of sp³-hybridized carbons (Fsp3) is 0.750. The molecule has 0 bridgehead atoms. The van der Waals surface area contributed by atoms with E-state index in [1.165, 1.54) is 37.7 Å². The van der Waals surface area contributed by atoms with Crippen LogP contribution in [-0.4, -0.2) is 49.2 Å². The highest BCUT2D eigenvalue weighted by Gasteiger charge is 2.34. The first-order valence-electron chi connectivity index (χ1n) is 3.83. The Morgan fingerprint density at radius 3 is 1.36 bits per heavy atom. The Morgan fingerprint density at radius 1 is 0.929 bits per heavy atom. The fourth-order valence-corrected chi connectivity index (χ4v) is 2.88. The normalized spacial score (nSPS) is 14.3. The lowest BCUT2D eigenvalue weighted by Gasteiger charge is -2.19. The van der Waals surface area contributed by atoms with Crippen LogP contribution < -0.4 is 0 Å². The summed E-state index contributed by atoms with van der Waals surface area (Å²) in [5, 5.41) is -1.02. The standard InChI is InChI=1S/C8H14O4S2/c1-11-7(9)5(13-3)6(14-4)8(10)12-2/h5-6H,1-4H3. The van der Waals surface area contributed by atoms with E-state index in [1.54, 1.807) is 12.5 Å². The summed E-state index contributed by atoms with van der Waals surface area (Å²) in [4.78, 5) is 22.6. The highest BCUT2D eigenvalue weighted by Crippen LogP contribution is 2.23. The van der Waals surface area contributed by atoms with Crippen LogP contribution in [0.2, 0.25) is 0 Å². The van der Waals surface area contributed by atoms with Crippen molar-refractivity contribution in [3.05, 3.63) is 0 Å². The van der Waals surface area contributed by atoms with E-state index in [0.717, 1.165) is 0 Å². The molecule has 0 saturated carbocycles. The van der Waals surface area contributed by atoms with E-state index in [2.05, 4.69) is 9.47 Å². The third kappa shape index (κ3) is 3.42. The van der Waals surface area contributed by atoms with Crippen LogP contribution in [-0.2, 0) is 19.1 Å². The van der Waals surface area contributed by atoms with Crippen molar-refractivity contribution in [2.24, 2.45) is 0 Å². The second kappa shape index (κ2) is 7.00. The summed E-state index contributed by atoms with van der Waals surface area (Å²) in [6.45, 7) is 0. The molecule has 0 saturated heterocycles. The van der Waals surface area contributed by atoms with Crippen molar-refractivity contribution in [3.63, 3.8) is 0 Å². The van der Waals surface area contributed by atoms with E-state index in [-0.39, 0.29) is 0 Å². The van der Waals surface area contributed by atoms with Crippen LogP contribution in [0, 0.1) is 0 Å². The van der Waals surface area contributed by atoms with Gasteiger partial charge in [0.2, 0.25) is 0 Å². The number of thioether (sulfide) groups is 2. The van der Waals surface area contributed by atoms with Gasteiger partial charge in [-0.15, -0.1) is 23.5 Å². The molecule has 0 amide bonds. The van der Waals surface area contributed by atoms with Gasteiger partial charge in [0.25, 0.3) is 0 Å². The van der Waals surface area contributed by atoms with E-state index < -0.39 is 22.4 Å². The second-order valence-corrected chi connectivity index (χ2v) is 4.32. The molecule has 0 aromatic rings. The maximum Gasteiger partial charge on any atom is 0.320 e. The Balaban J connectivity index is 4.60. The summed E-state index contributed by atoms with van der Waals surface area (Å²) in [6, 6.07) is 0. The van der Waals surface area contributed by atoms with Gasteiger partial charge in [-0.05, 0) is 12.5 Å². The van der Waals surface area contributed by atoms with Crippen molar-refractivity contribution in [1.29, 1.82) is 0 Å². The zero-order valence-corrected chi connectivity index (χ0v) is 10.2. The number of carbonyl (C=O) groups is 2. The van der Waals surface area contributed by atoms with Crippen molar-refractivity contribution >= 4 is 35.5 Å². The molecule has 4 nitrogen and oxygen atoms in total. The average molecular weight is 238 g/mol. The number of rotatable bonds is 5. The van der Waals surface area contributed by atoms with Gasteiger partial charge in [-0.2, -0.15) is 0 Å². The van der Waals surface area contributed by atoms with Gasteiger partial charge in [0.15, 0.2) is 0 Å². The van der Waals surface area contributed by atoms with Gasteiger partial charge in [0.1, 0.15) is 10.5 Å². The fourth-order valence-electron chi connectivity index (χ4n) is 0.919. The zero-order chi connectivity index (χ0) is 11.1. The van der Waals surface area contributed by atoms with Crippen molar-refractivity contribution in [1.82, 2.24) is 0 Å². The summed E-state index contributed by atoms with van der Waals surface area (Å²) in [6.07, 6.45) is 3.52. The molecule has 0 fully saturated rings. The molecule has 0 aromatic heterocycles. The first-order chi connectivity index (χ1) is 6.62. The molecule has 14 heavy (non-hydrogen) atoms. The predicted molar refractivity (Wildman–Crippen MR) is 58.6 cm³/mol. The van der Waals surface area contributed by atoms with Gasteiger partial charge in [-0.25, -0.2) is 0 Å². The van der Waals surface area contributed by atoms with Crippen LogP contribution in [0.15, 0.2) is 0 Å². The third-order valence-electron chi connectivity index (χ3n) is 1.65. The topological polar surface area (TPSA) is 52.6 Å². The van der Waals surface area contributed by atoms with Gasteiger partial charge in [-0.3, -0.25) is 9.59 Å². The minimum absolute atomic E-state index is 0.401. The van der Waals surface area contributed by atoms with Gasteiger partial charge >= 0.3 is 11.9 Å². The number of esters is 2. The molecule has 0 spiro atoms. The summed E-state index contributed by atoms with van der Waals surface area (Å²) in [5.41, 5.74) is 0. The smallest absolute Gasteiger partial charge is 0.320 e. The first-order valence-corrected chi connectivity index (χ1v) is 6.41. The van der Waals surface area contributed by atoms with Gasteiger partial charge in [0.05, 0.1) is 14.2 Å². The molecular formula is C8H14O4S2. The van der Waals surface area contributed by atoms with Crippen LogP contribution in [0.5, 0.6) is 0 Å². The Hall–Kier alpha value is -0.360. The maximum absolute atomic E-state index is 11.3. The average Bonchev–Trinajstić information content (AvgIpc) is 2.23. The van der Waals surface area contributed by atoms with E-state index >= 15 is 0 Å². The molecule has 2 unspecified atom stereocenters. The van der Waals surface area contributed by atoms with Crippen LogP contribution in [0.3, 0.4) is 0 Å². The number of carbonyl (C=O) groups excluding carboxylic acids is 2. The van der Waals surface area contributed by atoms with E-state index in [0.29, 0.717) is 0 Å². The molecule has 0 aliphatic rings. The lowest BCUT2D eigenvalue weighted by Crippen LogP contribution is -2.36. The Kier molecular flexibility index (Phi) is 6.82. The van der Waals surface area contributed by atoms with E-state index in [4.69, 9.17) is 0 Å². The molecule has 0 aromatic carbocycles. The molecule has 0 N–H and O–H groups in total. The van der Waals surface area contributed by atoms with Gasteiger partial charge in [0, 0.05) is 0 Å². The Morgan fingerprint density at radius 2 is 1.21 bits per heavy atom. The Labute approximate surface area is 92.1 Å². The van der Waals surface area contributed by atoms with Crippen molar-refractivity contribution in [2.45, 2.75) is 10.5 Å². The maximum atomic E-state index is 11.3. The molecule has 0 aliphatic carbocycles. The van der Waals surface area contributed by atoms with Gasteiger partial charge in [-0.1, -0.05) is 0 Å². The molecule has 0 aliphatic heterocycles. The number of hydrogen-bond acceptors (Lipinski definition) is 6. The van der Waals surface area contributed by atoms with Crippen LogP contribution in [0.1, 0.15) is 0 Å². The number of hydrogen-bond donors (Lipinski definition) is 0. The molecule has 82 valence electrons. The largest absolute Gasteiger partial charge is 0.468 e. The van der Waals surface area contributed by atoms with Crippen molar-refractivity contribution < 1.29 is 19.1 Å². The SMILES string of the molecule is COC(=O)C(SC)C(SC)C(=O)OC. The molecular weight excluding hydrogens is 224 g/mol. The molecule has 0 rings (SSSR count). The van der Waals surface area contributed by atoms with Crippen LogP contribution in [0.4, 0.5) is 0 Å². The number of methoxy groups -OCH3 is 2. The lowest BCUT2D eigenvalue weighted by molar-refractivity contribution is -0.145. The highest BCUT2D eigenvalue weighted by molar-refractivity contribution is 8.04. The van der Waals surface area contributed by atoms with Crippen LogP contribution in [0.25, 0.3) is 0 Å². The summed E-state index contributed by atoms with van der Waals surface area (Å²) in [5.74, 6) is -0.801. The third-order valence-corrected chi connectivity index (χ3v) is 3.77. The quantitative estimate of drug-likeness (QED) is 0.660. The summed E-state index contributed by atoms with van der Waals surface area (Å²) >= 11 is 2.57. The second-order valence-electron chi connectivity index (χ2n) is 2.36. The molecule has 6 heteroatoms. The zero-order valence-electron chi connectivity index (χ0n) is 8.60. The molecule has 0 radical (unpaired) electrons.